The predicted molar refractivity (Wildman–Crippen MR) is 128 cm³/mol. The summed E-state index contributed by atoms with van der Waals surface area (Å²) in [7, 11) is 0. The molecule has 0 heterocycles. The lowest BCUT2D eigenvalue weighted by Crippen LogP contribution is -2.50. The number of hydrogen-bond acceptors (Lipinski definition) is 3. The maximum absolute atomic E-state index is 13.2. The number of nitrogens with one attached hydrogen (secondary N) is 1. The topological polar surface area (TPSA) is 58.6 Å². The van der Waals surface area contributed by atoms with E-state index >= 15 is 0 Å². The van der Waals surface area contributed by atoms with Crippen LogP contribution in [0.3, 0.4) is 0 Å². The van der Waals surface area contributed by atoms with Crippen molar-refractivity contribution in [3.63, 3.8) is 0 Å². The minimum absolute atomic E-state index is 0.165. The molecular formula is C25H30Cl2N2O3. The summed E-state index contributed by atoms with van der Waals surface area (Å²) in [6, 6.07) is 10.4. The molecule has 1 fully saturated rings. The van der Waals surface area contributed by atoms with E-state index in [1.165, 1.54) is 4.90 Å². The molecule has 5 nitrogen and oxygen atoms in total. The summed E-state index contributed by atoms with van der Waals surface area (Å²) in [5.41, 5.74) is 2.79. The van der Waals surface area contributed by atoms with Gasteiger partial charge in [0.2, 0.25) is 5.91 Å². The van der Waals surface area contributed by atoms with Gasteiger partial charge in [-0.2, -0.15) is 0 Å². The Hall–Kier alpha value is -2.24. The highest BCUT2D eigenvalue weighted by molar-refractivity contribution is 6.35. The van der Waals surface area contributed by atoms with Crippen molar-refractivity contribution in [1.29, 1.82) is 0 Å². The Kier molecular flexibility index (Phi) is 8.44. The Morgan fingerprint density at radius 2 is 1.88 bits per heavy atom. The number of nitrogens with zero attached hydrogens (tertiary/aromatic N) is 1. The molecule has 3 rings (SSSR count). The van der Waals surface area contributed by atoms with Crippen molar-refractivity contribution in [2.75, 3.05) is 6.61 Å². The normalized spacial score (nSPS) is 14.8. The molecule has 2 aromatic rings. The van der Waals surface area contributed by atoms with Gasteiger partial charge in [-0.3, -0.25) is 9.59 Å². The van der Waals surface area contributed by atoms with E-state index in [1.807, 2.05) is 32.0 Å². The number of carbonyl (C=O) groups is 2. The first-order chi connectivity index (χ1) is 15.3. The molecule has 0 bridgehead atoms. The third-order valence-electron chi connectivity index (χ3n) is 6.13. The van der Waals surface area contributed by atoms with E-state index in [0.29, 0.717) is 15.8 Å². The first-order valence-electron chi connectivity index (χ1n) is 11.0. The highest BCUT2D eigenvalue weighted by Crippen LogP contribution is 2.25. The number of amides is 2. The highest BCUT2D eigenvalue weighted by atomic mass is 35.5. The molecular weight excluding hydrogens is 447 g/mol. The van der Waals surface area contributed by atoms with Crippen LogP contribution < -0.4 is 10.1 Å². The van der Waals surface area contributed by atoms with Crippen LogP contribution in [0.2, 0.25) is 10.0 Å². The van der Waals surface area contributed by atoms with Gasteiger partial charge in [-0.25, -0.2) is 0 Å². The van der Waals surface area contributed by atoms with Gasteiger partial charge < -0.3 is 15.0 Å². The molecule has 7 heteroatoms. The molecule has 0 aromatic heterocycles. The van der Waals surface area contributed by atoms with E-state index in [1.54, 1.807) is 25.1 Å². The lowest BCUT2D eigenvalue weighted by Gasteiger charge is -2.30. The van der Waals surface area contributed by atoms with Crippen LogP contribution in [0.25, 0.3) is 0 Å². The lowest BCUT2D eigenvalue weighted by atomic mass is 10.1. The van der Waals surface area contributed by atoms with Crippen LogP contribution in [0, 0.1) is 13.8 Å². The van der Waals surface area contributed by atoms with Crippen molar-refractivity contribution in [2.45, 2.75) is 65.1 Å². The average Bonchev–Trinajstić information content (AvgIpc) is 3.26. The molecule has 1 saturated carbocycles. The number of rotatable bonds is 8. The summed E-state index contributed by atoms with van der Waals surface area (Å²) in [6.45, 7) is 5.71. The zero-order valence-corrected chi connectivity index (χ0v) is 20.3. The van der Waals surface area contributed by atoms with E-state index in [4.69, 9.17) is 27.9 Å². The van der Waals surface area contributed by atoms with Gasteiger partial charge in [-0.15, -0.1) is 0 Å². The molecule has 2 amide bonds. The molecule has 1 aliphatic rings. The quantitative estimate of drug-likeness (QED) is 0.549. The molecule has 0 spiro atoms. The van der Waals surface area contributed by atoms with Crippen LogP contribution in [0.5, 0.6) is 5.75 Å². The molecule has 0 radical (unpaired) electrons. The van der Waals surface area contributed by atoms with E-state index in [-0.39, 0.29) is 31.0 Å². The predicted octanol–water partition coefficient (Wildman–Crippen LogP) is 5.47. The average molecular weight is 477 g/mol. The molecule has 0 unspecified atom stereocenters. The smallest absolute Gasteiger partial charge is 0.261 e. The Morgan fingerprint density at radius 1 is 1.16 bits per heavy atom. The number of aryl methyl sites for hydroxylation is 1. The number of hydrogen-bond donors (Lipinski definition) is 1. The fraction of sp³-hybridized carbons (Fsp3) is 0.440. The van der Waals surface area contributed by atoms with Crippen LogP contribution >= 0.6 is 23.2 Å². The third-order valence-corrected chi connectivity index (χ3v) is 6.72. The van der Waals surface area contributed by atoms with Crippen molar-refractivity contribution in [3.8, 4) is 5.75 Å². The molecule has 2 aromatic carbocycles. The van der Waals surface area contributed by atoms with Crippen LogP contribution in [-0.4, -0.2) is 35.4 Å². The van der Waals surface area contributed by atoms with Crippen molar-refractivity contribution in [2.24, 2.45) is 0 Å². The number of ether oxygens (including phenoxy) is 1. The Morgan fingerprint density at radius 3 is 2.56 bits per heavy atom. The molecule has 172 valence electrons. The second kappa shape index (κ2) is 11.1. The van der Waals surface area contributed by atoms with E-state index in [0.717, 1.165) is 42.4 Å². The van der Waals surface area contributed by atoms with E-state index in [2.05, 4.69) is 5.32 Å². The fourth-order valence-electron chi connectivity index (χ4n) is 3.91. The molecule has 0 aliphatic heterocycles. The van der Waals surface area contributed by atoms with Crippen LogP contribution in [0.15, 0.2) is 36.4 Å². The zero-order valence-electron chi connectivity index (χ0n) is 18.8. The minimum atomic E-state index is -0.669. The second-order valence-electron chi connectivity index (χ2n) is 8.41. The summed E-state index contributed by atoms with van der Waals surface area (Å²) < 4.78 is 5.83. The van der Waals surface area contributed by atoms with Crippen LogP contribution in [-0.2, 0) is 16.1 Å². The van der Waals surface area contributed by atoms with Gasteiger partial charge in [-0.05, 0) is 68.5 Å². The highest BCUT2D eigenvalue weighted by Gasteiger charge is 2.29. The van der Waals surface area contributed by atoms with Gasteiger partial charge in [0.05, 0.1) is 0 Å². The molecule has 1 atom stereocenters. The minimum Gasteiger partial charge on any atom is -0.483 e. The zero-order chi connectivity index (χ0) is 23.3. The van der Waals surface area contributed by atoms with E-state index in [9.17, 15) is 9.59 Å². The Balaban J connectivity index is 1.77. The first-order valence-corrected chi connectivity index (χ1v) is 11.7. The van der Waals surface area contributed by atoms with Gasteiger partial charge in [0.15, 0.2) is 6.61 Å². The monoisotopic (exact) mass is 476 g/mol. The van der Waals surface area contributed by atoms with Gasteiger partial charge in [0.25, 0.3) is 5.91 Å². The Labute approximate surface area is 200 Å². The second-order valence-corrected chi connectivity index (χ2v) is 9.25. The van der Waals surface area contributed by atoms with Crippen molar-refractivity contribution in [3.05, 3.63) is 63.1 Å². The van der Waals surface area contributed by atoms with Crippen molar-refractivity contribution < 1.29 is 14.3 Å². The standard InChI is InChI=1S/C25H30Cl2N2O3/c1-16-7-6-10-23(17(16)2)32-15-24(30)29(14-19-11-12-20(26)13-22(19)27)18(3)25(31)28-21-8-4-5-9-21/h6-7,10-13,18,21H,4-5,8-9,14-15H2,1-3H3,(H,28,31)/t18-/m0/s1. The van der Waals surface area contributed by atoms with Crippen LogP contribution in [0.4, 0.5) is 0 Å². The van der Waals surface area contributed by atoms with Gasteiger partial charge in [0, 0.05) is 22.6 Å². The number of benzene rings is 2. The van der Waals surface area contributed by atoms with Crippen molar-refractivity contribution in [1.82, 2.24) is 10.2 Å². The lowest BCUT2D eigenvalue weighted by molar-refractivity contribution is -0.142. The summed E-state index contributed by atoms with van der Waals surface area (Å²) >= 11 is 12.4. The third kappa shape index (κ3) is 6.17. The number of halogens is 2. The fourth-order valence-corrected chi connectivity index (χ4v) is 4.38. The maximum atomic E-state index is 13.2. The number of carbonyl (C=O) groups excluding carboxylic acids is 2. The molecule has 32 heavy (non-hydrogen) atoms. The molecule has 1 N–H and O–H groups in total. The first kappa shape index (κ1) is 24.4. The maximum Gasteiger partial charge on any atom is 0.261 e. The van der Waals surface area contributed by atoms with Gasteiger partial charge in [0.1, 0.15) is 11.8 Å². The van der Waals surface area contributed by atoms with Gasteiger partial charge in [-0.1, -0.05) is 54.2 Å². The largest absolute Gasteiger partial charge is 0.483 e. The Bertz CT molecular complexity index is 974. The van der Waals surface area contributed by atoms with Crippen molar-refractivity contribution >= 4 is 35.0 Å². The van der Waals surface area contributed by atoms with E-state index < -0.39 is 6.04 Å². The summed E-state index contributed by atoms with van der Waals surface area (Å²) in [4.78, 5) is 27.7. The molecule has 0 saturated heterocycles. The summed E-state index contributed by atoms with van der Waals surface area (Å²) in [5, 5.41) is 4.05. The SMILES string of the molecule is Cc1cccc(OCC(=O)N(Cc2ccc(Cl)cc2Cl)[C@@H](C)C(=O)NC2CCCC2)c1C. The summed E-state index contributed by atoms with van der Waals surface area (Å²) in [6.07, 6.45) is 4.19. The van der Waals surface area contributed by atoms with Crippen LogP contribution in [0.1, 0.15) is 49.3 Å². The van der Waals surface area contributed by atoms with Gasteiger partial charge >= 0.3 is 0 Å². The summed E-state index contributed by atoms with van der Waals surface area (Å²) in [5.74, 6) is 0.207. The molecule has 1 aliphatic carbocycles.